The molecule has 0 spiro atoms. The number of nitrogen functional groups attached to an aromatic ring is 1. The fourth-order valence-corrected chi connectivity index (χ4v) is 5.19. The van der Waals surface area contributed by atoms with Crippen LogP contribution in [0.25, 0.3) is 0 Å². The molecule has 180 valence electrons. The molecule has 4 rings (SSSR count). The van der Waals surface area contributed by atoms with Crippen LogP contribution in [0.5, 0.6) is 5.75 Å². The van der Waals surface area contributed by atoms with Crippen LogP contribution in [0.1, 0.15) is 64.2 Å². The molecule has 1 aromatic carbocycles. The van der Waals surface area contributed by atoms with Crippen LogP contribution in [-0.4, -0.2) is 40.7 Å². The molecule has 0 bridgehead atoms. The Balaban J connectivity index is 1.62. The summed E-state index contributed by atoms with van der Waals surface area (Å²) in [6, 6.07) is 6.37. The van der Waals surface area contributed by atoms with Crippen LogP contribution in [0.4, 0.5) is 23.5 Å². The third-order valence-electron chi connectivity index (χ3n) is 6.85. The van der Waals surface area contributed by atoms with E-state index >= 15 is 0 Å². The van der Waals surface area contributed by atoms with E-state index in [1.54, 1.807) is 7.11 Å². The summed E-state index contributed by atoms with van der Waals surface area (Å²) in [5, 5.41) is 4.02. The molecule has 2 fully saturated rings. The van der Waals surface area contributed by atoms with Gasteiger partial charge in [0.15, 0.2) is 0 Å². The normalized spacial score (nSPS) is 21.9. The second-order valence-corrected chi connectivity index (χ2v) is 9.77. The minimum atomic E-state index is 0.209. The number of nitrogens with one attached hydrogen (secondary N) is 1. The Labute approximate surface area is 201 Å². The molecule has 1 aromatic heterocycles. The van der Waals surface area contributed by atoms with Crippen LogP contribution in [0.2, 0.25) is 5.02 Å². The van der Waals surface area contributed by atoms with E-state index in [1.165, 1.54) is 38.5 Å². The first-order valence-corrected chi connectivity index (χ1v) is 12.5. The predicted molar refractivity (Wildman–Crippen MR) is 134 cm³/mol. The van der Waals surface area contributed by atoms with Crippen molar-refractivity contribution in [1.82, 2.24) is 15.0 Å². The molecule has 0 saturated heterocycles. The van der Waals surface area contributed by atoms with Crippen molar-refractivity contribution in [2.45, 2.75) is 76.3 Å². The maximum Gasteiger partial charge on any atom is 0.236 e. The van der Waals surface area contributed by atoms with Crippen LogP contribution in [0, 0.1) is 5.92 Å². The molecule has 0 atom stereocenters. The average molecular weight is 474 g/mol. The molecule has 9 heteroatoms. The number of nitrogens with two attached hydrogens (primary N) is 2. The van der Waals surface area contributed by atoms with Crippen molar-refractivity contribution in [2.24, 2.45) is 11.7 Å². The topological polar surface area (TPSA) is 115 Å². The monoisotopic (exact) mass is 473 g/mol. The van der Waals surface area contributed by atoms with Gasteiger partial charge in [-0.25, -0.2) is 0 Å². The molecule has 0 unspecified atom stereocenters. The molecule has 2 saturated carbocycles. The van der Waals surface area contributed by atoms with Crippen molar-refractivity contribution in [3.8, 4) is 5.75 Å². The van der Waals surface area contributed by atoms with Gasteiger partial charge < -0.3 is 26.4 Å². The van der Waals surface area contributed by atoms with Gasteiger partial charge in [0.2, 0.25) is 17.8 Å². The van der Waals surface area contributed by atoms with E-state index < -0.39 is 0 Å². The summed E-state index contributed by atoms with van der Waals surface area (Å²) >= 11 is 6.48. The quantitative estimate of drug-likeness (QED) is 0.486. The van der Waals surface area contributed by atoms with E-state index in [0.29, 0.717) is 34.6 Å². The van der Waals surface area contributed by atoms with Gasteiger partial charge in [-0.1, -0.05) is 37.3 Å². The summed E-state index contributed by atoms with van der Waals surface area (Å²) in [6.45, 7) is 0.809. The summed E-state index contributed by atoms with van der Waals surface area (Å²) in [4.78, 5) is 15.8. The smallest absolute Gasteiger partial charge is 0.236 e. The highest BCUT2D eigenvalue weighted by molar-refractivity contribution is 6.32. The van der Waals surface area contributed by atoms with E-state index in [-0.39, 0.29) is 12.0 Å². The summed E-state index contributed by atoms with van der Waals surface area (Å²) in [7, 11) is 1.62. The molecular formula is C24H36ClN7O. The lowest BCUT2D eigenvalue weighted by Crippen LogP contribution is -2.33. The third-order valence-corrected chi connectivity index (χ3v) is 7.15. The highest BCUT2D eigenvalue weighted by atomic mass is 35.5. The summed E-state index contributed by atoms with van der Waals surface area (Å²) in [6.07, 6.45) is 11.6. The maximum atomic E-state index is 6.48. The maximum absolute atomic E-state index is 6.48. The minimum absolute atomic E-state index is 0.209. The van der Waals surface area contributed by atoms with E-state index in [9.17, 15) is 0 Å². The van der Waals surface area contributed by atoms with Crippen molar-refractivity contribution in [3.63, 3.8) is 0 Å². The van der Waals surface area contributed by atoms with Gasteiger partial charge in [-0.2, -0.15) is 15.0 Å². The number of aromatic nitrogens is 3. The molecule has 5 N–H and O–H groups in total. The second kappa shape index (κ2) is 11.2. The lowest BCUT2D eigenvalue weighted by molar-refractivity contribution is 0.409. The Morgan fingerprint density at radius 2 is 1.76 bits per heavy atom. The van der Waals surface area contributed by atoms with Gasteiger partial charge in [0, 0.05) is 24.3 Å². The van der Waals surface area contributed by atoms with Gasteiger partial charge in [-0.3, -0.25) is 0 Å². The molecule has 2 aromatic rings. The van der Waals surface area contributed by atoms with Crippen molar-refractivity contribution < 1.29 is 4.74 Å². The number of methoxy groups -OCH3 is 1. The number of ether oxygens (including phenoxy) is 1. The highest BCUT2D eigenvalue weighted by Gasteiger charge is 2.24. The molecule has 0 radical (unpaired) electrons. The molecule has 2 aliphatic carbocycles. The molecule has 8 nitrogen and oxygen atoms in total. The molecule has 0 amide bonds. The number of halogens is 1. The van der Waals surface area contributed by atoms with Crippen molar-refractivity contribution in [1.29, 1.82) is 0 Å². The van der Waals surface area contributed by atoms with Crippen molar-refractivity contribution >= 4 is 35.1 Å². The Hall–Kier alpha value is -2.32. The van der Waals surface area contributed by atoms with Crippen LogP contribution in [0.15, 0.2) is 18.2 Å². The van der Waals surface area contributed by atoms with E-state index in [1.807, 2.05) is 18.2 Å². The Morgan fingerprint density at radius 1 is 1.03 bits per heavy atom. The Morgan fingerprint density at radius 3 is 2.42 bits per heavy atom. The summed E-state index contributed by atoms with van der Waals surface area (Å²) < 4.78 is 5.35. The Kier molecular flexibility index (Phi) is 8.09. The van der Waals surface area contributed by atoms with Crippen LogP contribution in [-0.2, 0) is 0 Å². The molecule has 0 aliphatic heterocycles. The number of anilines is 4. The van der Waals surface area contributed by atoms with Gasteiger partial charge >= 0.3 is 0 Å². The fourth-order valence-electron chi connectivity index (χ4n) is 4.94. The first-order chi connectivity index (χ1) is 16.0. The van der Waals surface area contributed by atoms with E-state index in [2.05, 4.69) is 20.2 Å². The van der Waals surface area contributed by atoms with Crippen molar-refractivity contribution in [3.05, 3.63) is 23.2 Å². The molecule has 33 heavy (non-hydrogen) atoms. The lowest BCUT2D eigenvalue weighted by atomic mass is 9.92. The number of nitrogens with zero attached hydrogens (tertiary/aromatic N) is 4. The molecule has 1 heterocycles. The van der Waals surface area contributed by atoms with Gasteiger partial charge in [0.25, 0.3) is 0 Å². The summed E-state index contributed by atoms with van der Waals surface area (Å²) in [5.74, 6) is 2.47. The minimum Gasteiger partial charge on any atom is -0.495 e. The number of hydrogen-bond acceptors (Lipinski definition) is 8. The van der Waals surface area contributed by atoms with Gasteiger partial charge in [0.1, 0.15) is 5.75 Å². The summed E-state index contributed by atoms with van der Waals surface area (Å²) in [5.41, 5.74) is 13.1. The van der Waals surface area contributed by atoms with Crippen molar-refractivity contribution in [2.75, 3.05) is 29.6 Å². The largest absolute Gasteiger partial charge is 0.495 e. The number of rotatable bonds is 7. The fraction of sp³-hybridized carbons (Fsp3) is 0.625. The predicted octanol–water partition coefficient (Wildman–Crippen LogP) is 4.91. The molecular weight excluding hydrogens is 438 g/mol. The standard InChI is InChI=1S/C24H36ClN7O/c1-33-21-13-12-19(14-20(21)25)32(15-16-6-4-2-3-5-7-16)24-30-22(27)29-23(31-24)28-18-10-8-17(26)9-11-18/h12-14,16-18H,2-11,15,26H2,1H3,(H3,27,28,29,30,31). The first kappa shape index (κ1) is 23.8. The lowest BCUT2D eigenvalue weighted by Gasteiger charge is -2.29. The van der Waals surface area contributed by atoms with E-state index in [4.69, 9.17) is 32.8 Å². The van der Waals surface area contributed by atoms with Gasteiger partial charge in [-0.05, 0) is 62.6 Å². The van der Waals surface area contributed by atoms with E-state index in [0.717, 1.165) is 37.9 Å². The number of benzene rings is 1. The molecule has 2 aliphatic rings. The SMILES string of the molecule is COc1ccc(N(CC2CCCCCC2)c2nc(N)nc(NC3CCC(N)CC3)n2)cc1Cl. The average Bonchev–Trinajstić information content (AvgIpc) is 3.07. The van der Waals surface area contributed by atoms with Crippen LogP contribution < -0.4 is 26.4 Å². The van der Waals surface area contributed by atoms with Gasteiger partial charge in [0.05, 0.1) is 12.1 Å². The first-order valence-electron chi connectivity index (χ1n) is 12.2. The number of hydrogen-bond donors (Lipinski definition) is 3. The second-order valence-electron chi connectivity index (χ2n) is 9.36. The van der Waals surface area contributed by atoms with Crippen LogP contribution >= 0.6 is 11.6 Å². The highest BCUT2D eigenvalue weighted by Crippen LogP contribution is 2.34. The zero-order valence-corrected chi connectivity index (χ0v) is 20.2. The Bertz CT molecular complexity index is 912. The zero-order chi connectivity index (χ0) is 23.2. The van der Waals surface area contributed by atoms with Gasteiger partial charge in [-0.15, -0.1) is 0 Å². The third kappa shape index (κ3) is 6.38. The zero-order valence-electron chi connectivity index (χ0n) is 19.5. The van der Waals surface area contributed by atoms with Crippen LogP contribution in [0.3, 0.4) is 0 Å².